The predicted octanol–water partition coefficient (Wildman–Crippen LogP) is 0.637. The number of aromatic nitrogens is 3. The van der Waals surface area contributed by atoms with E-state index >= 15 is 0 Å². The molecule has 0 aliphatic heterocycles. The van der Waals surface area contributed by atoms with Crippen LogP contribution in [0.25, 0.3) is 0 Å². The smallest absolute Gasteiger partial charge is 0.249 e. The first-order chi connectivity index (χ1) is 10.4. The Kier molecular flexibility index (Phi) is 4.92. The molecular weight excluding hydrogens is 304 g/mol. The lowest BCUT2D eigenvalue weighted by Gasteiger charge is -2.20. The molecule has 1 heterocycles. The fourth-order valence-electron chi connectivity index (χ4n) is 2.05. The van der Waals surface area contributed by atoms with Gasteiger partial charge in [-0.2, -0.15) is 0 Å². The number of carbonyl (C=O) groups is 1. The Morgan fingerprint density at radius 3 is 2.50 bits per heavy atom. The molecule has 0 spiro atoms. The van der Waals surface area contributed by atoms with Gasteiger partial charge in [0.05, 0.1) is 0 Å². The number of hydrogen-bond donors (Lipinski definition) is 0. The summed E-state index contributed by atoms with van der Waals surface area (Å²) >= 11 is 0. The molecule has 7 nitrogen and oxygen atoms in total. The third-order valence-electron chi connectivity index (χ3n) is 3.21. The number of nitrogens with zero attached hydrogens (tertiary/aromatic N) is 4. The molecule has 0 radical (unpaired) electrons. The lowest BCUT2D eigenvalue weighted by atomic mass is 10.2. The first kappa shape index (κ1) is 16.2. The van der Waals surface area contributed by atoms with Gasteiger partial charge >= 0.3 is 0 Å². The van der Waals surface area contributed by atoms with Crippen molar-refractivity contribution in [3.63, 3.8) is 0 Å². The van der Waals surface area contributed by atoms with Gasteiger partial charge in [0.15, 0.2) is 0 Å². The number of hydrogen-bond acceptors (Lipinski definition) is 5. The first-order valence-corrected chi connectivity index (χ1v) is 8.47. The molecule has 118 valence electrons. The van der Waals surface area contributed by atoms with E-state index in [-0.39, 0.29) is 5.16 Å². The number of aryl methyl sites for hydroxylation is 1. The average Bonchev–Trinajstić information content (AvgIpc) is 2.92. The fourth-order valence-corrected chi connectivity index (χ4v) is 3.35. The van der Waals surface area contributed by atoms with Crippen molar-refractivity contribution in [1.82, 2.24) is 19.7 Å². The van der Waals surface area contributed by atoms with E-state index in [1.807, 2.05) is 37.3 Å². The highest BCUT2D eigenvalue weighted by atomic mass is 32.2. The zero-order valence-electron chi connectivity index (χ0n) is 12.5. The molecule has 0 bridgehead atoms. The van der Waals surface area contributed by atoms with Crippen molar-refractivity contribution in [1.29, 1.82) is 0 Å². The lowest BCUT2D eigenvalue weighted by Crippen LogP contribution is -2.35. The van der Waals surface area contributed by atoms with Crippen LogP contribution in [-0.2, 0) is 28.2 Å². The van der Waals surface area contributed by atoms with E-state index in [1.165, 1.54) is 22.8 Å². The van der Waals surface area contributed by atoms with Crippen LogP contribution in [0.3, 0.4) is 0 Å². The summed E-state index contributed by atoms with van der Waals surface area (Å²) < 4.78 is 25.7. The van der Waals surface area contributed by atoms with Crippen LogP contribution in [0.2, 0.25) is 0 Å². The zero-order valence-corrected chi connectivity index (χ0v) is 13.3. The van der Waals surface area contributed by atoms with Crippen molar-refractivity contribution in [3.05, 3.63) is 42.2 Å². The molecule has 0 aliphatic carbocycles. The largest absolute Gasteiger partial charge is 0.338 e. The van der Waals surface area contributed by atoms with Gasteiger partial charge in [0.2, 0.25) is 20.9 Å². The van der Waals surface area contributed by atoms with Crippen molar-refractivity contribution in [2.45, 2.75) is 18.6 Å². The van der Waals surface area contributed by atoms with Crippen molar-refractivity contribution < 1.29 is 13.2 Å². The molecule has 2 aromatic rings. The van der Waals surface area contributed by atoms with Gasteiger partial charge in [-0.3, -0.25) is 4.79 Å². The first-order valence-electron chi connectivity index (χ1n) is 6.82. The second-order valence-electron chi connectivity index (χ2n) is 4.88. The van der Waals surface area contributed by atoms with E-state index in [0.717, 1.165) is 5.56 Å². The molecule has 2 rings (SSSR count). The van der Waals surface area contributed by atoms with Crippen LogP contribution in [0.15, 0.2) is 41.8 Å². The summed E-state index contributed by atoms with van der Waals surface area (Å²) in [7, 11) is -2.27. The average molecular weight is 322 g/mol. The Bertz CT molecular complexity index is 740. The Morgan fingerprint density at radius 1 is 1.27 bits per heavy atom. The van der Waals surface area contributed by atoms with Gasteiger partial charge in [0, 0.05) is 20.1 Å². The summed E-state index contributed by atoms with van der Waals surface area (Å²) in [6.45, 7) is 2.63. The molecule has 0 fully saturated rings. The maximum Gasteiger partial charge on any atom is 0.249 e. The van der Waals surface area contributed by atoms with Crippen molar-refractivity contribution in [2.24, 2.45) is 7.05 Å². The van der Waals surface area contributed by atoms with Crippen LogP contribution in [-0.4, -0.2) is 46.3 Å². The van der Waals surface area contributed by atoms with Crippen LogP contribution < -0.4 is 0 Å². The van der Waals surface area contributed by atoms with Gasteiger partial charge in [-0.1, -0.05) is 30.3 Å². The predicted molar refractivity (Wildman–Crippen MR) is 80.6 cm³/mol. The Morgan fingerprint density at radius 2 is 1.95 bits per heavy atom. The minimum absolute atomic E-state index is 0.198. The van der Waals surface area contributed by atoms with Gasteiger partial charge in [0.1, 0.15) is 12.1 Å². The zero-order chi connectivity index (χ0) is 16.2. The van der Waals surface area contributed by atoms with Crippen LogP contribution in [0, 0.1) is 0 Å². The standard InChI is InChI=1S/C14H18N4O3S/c1-3-18(9-12-7-5-4-6-8-12)13(19)10-22(20,21)14-16-15-11-17(14)2/h4-8,11H,3,9-10H2,1-2H3. The molecule has 1 aromatic carbocycles. The Labute approximate surface area is 129 Å². The summed E-state index contributed by atoms with van der Waals surface area (Å²) in [6, 6.07) is 9.44. The van der Waals surface area contributed by atoms with E-state index in [0.29, 0.717) is 13.1 Å². The van der Waals surface area contributed by atoms with E-state index in [1.54, 1.807) is 0 Å². The van der Waals surface area contributed by atoms with Crippen LogP contribution in [0.4, 0.5) is 0 Å². The minimum atomic E-state index is -3.80. The van der Waals surface area contributed by atoms with E-state index in [2.05, 4.69) is 10.2 Å². The molecule has 0 N–H and O–H groups in total. The van der Waals surface area contributed by atoms with Crippen LogP contribution in [0.5, 0.6) is 0 Å². The lowest BCUT2D eigenvalue weighted by molar-refractivity contribution is -0.128. The molecule has 0 atom stereocenters. The third kappa shape index (κ3) is 3.70. The minimum Gasteiger partial charge on any atom is -0.338 e. The van der Waals surface area contributed by atoms with Gasteiger partial charge in [-0.05, 0) is 12.5 Å². The molecule has 0 saturated carbocycles. The summed E-state index contributed by atoms with van der Waals surface area (Å²) in [5.41, 5.74) is 0.953. The van der Waals surface area contributed by atoms with Gasteiger partial charge < -0.3 is 9.47 Å². The number of carbonyl (C=O) groups excluding carboxylic acids is 1. The fraction of sp³-hybridized carbons (Fsp3) is 0.357. The van der Waals surface area contributed by atoms with Gasteiger partial charge in [0.25, 0.3) is 0 Å². The highest BCUT2D eigenvalue weighted by Crippen LogP contribution is 2.10. The Balaban J connectivity index is 2.11. The van der Waals surface area contributed by atoms with Crippen molar-refractivity contribution in [2.75, 3.05) is 12.3 Å². The topological polar surface area (TPSA) is 85.2 Å². The molecule has 1 aromatic heterocycles. The number of rotatable bonds is 6. The molecule has 8 heteroatoms. The van der Waals surface area contributed by atoms with Crippen LogP contribution in [0.1, 0.15) is 12.5 Å². The normalized spacial score (nSPS) is 11.4. The maximum absolute atomic E-state index is 12.3. The second kappa shape index (κ2) is 6.69. The SMILES string of the molecule is CCN(Cc1ccccc1)C(=O)CS(=O)(=O)c1nncn1C. The van der Waals surface area contributed by atoms with E-state index < -0.39 is 21.5 Å². The molecule has 0 unspecified atom stereocenters. The summed E-state index contributed by atoms with van der Waals surface area (Å²) in [6.07, 6.45) is 1.29. The molecule has 1 amide bonds. The van der Waals surface area contributed by atoms with E-state index in [9.17, 15) is 13.2 Å². The highest BCUT2D eigenvalue weighted by molar-refractivity contribution is 7.91. The third-order valence-corrected chi connectivity index (χ3v) is 4.77. The van der Waals surface area contributed by atoms with E-state index in [4.69, 9.17) is 0 Å². The summed E-state index contributed by atoms with van der Waals surface area (Å²) in [4.78, 5) is 13.8. The molecule has 22 heavy (non-hydrogen) atoms. The van der Waals surface area contributed by atoms with Crippen LogP contribution >= 0.6 is 0 Å². The number of sulfone groups is 1. The van der Waals surface area contributed by atoms with Crippen molar-refractivity contribution in [3.8, 4) is 0 Å². The molecular formula is C14H18N4O3S. The number of amides is 1. The number of benzene rings is 1. The summed E-state index contributed by atoms with van der Waals surface area (Å²) in [5, 5.41) is 6.90. The van der Waals surface area contributed by atoms with Gasteiger partial charge in [-0.15, -0.1) is 10.2 Å². The monoisotopic (exact) mass is 322 g/mol. The molecule has 0 aliphatic rings. The van der Waals surface area contributed by atoms with Gasteiger partial charge in [-0.25, -0.2) is 8.42 Å². The maximum atomic E-state index is 12.3. The van der Waals surface area contributed by atoms with Crippen molar-refractivity contribution >= 4 is 15.7 Å². The highest BCUT2D eigenvalue weighted by Gasteiger charge is 2.26. The molecule has 0 saturated heterocycles. The second-order valence-corrected chi connectivity index (χ2v) is 6.76. The Hall–Kier alpha value is -2.22. The summed E-state index contributed by atoms with van der Waals surface area (Å²) in [5.74, 6) is -1.06. The quantitative estimate of drug-likeness (QED) is 0.779.